The predicted molar refractivity (Wildman–Crippen MR) is 152 cm³/mol. The first-order valence-corrected chi connectivity index (χ1v) is 14.0. The van der Waals surface area contributed by atoms with E-state index in [0.29, 0.717) is 43.0 Å². The minimum absolute atomic E-state index is 0.210. The maximum absolute atomic E-state index is 13.5. The molecule has 0 spiro atoms. The van der Waals surface area contributed by atoms with Crippen LogP contribution in [0.25, 0.3) is 10.8 Å². The molecular formula is C28H36N4O5S. The van der Waals surface area contributed by atoms with E-state index in [4.69, 9.17) is 9.47 Å². The Morgan fingerprint density at radius 1 is 0.947 bits per heavy atom. The summed E-state index contributed by atoms with van der Waals surface area (Å²) in [6.07, 6.45) is -0.335. The van der Waals surface area contributed by atoms with Crippen molar-refractivity contribution in [3.63, 3.8) is 0 Å². The molecular weight excluding hydrogens is 504 g/mol. The maximum Gasteiger partial charge on any atom is 0.410 e. The van der Waals surface area contributed by atoms with Crippen molar-refractivity contribution in [1.82, 2.24) is 4.90 Å². The van der Waals surface area contributed by atoms with Gasteiger partial charge in [-0.25, -0.2) is 13.2 Å². The molecule has 0 aromatic heterocycles. The number of amides is 1. The van der Waals surface area contributed by atoms with Crippen molar-refractivity contribution in [2.24, 2.45) is 0 Å². The molecule has 0 unspecified atom stereocenters. The van der Waals surface area contributed by atoms with Crippen LogP contribution in [-0.4, -0.2) is 72.4 Å². The largest absolute Gasteiger partial charge is 0.495 e. The molecule has 1 saturated heterocycles. The lowest BCUT2D eigenvalue weighted by Crippen LogP contribution is -2.50. The van der Waals surface area contributed by atoms with E-state index in [1.165, 1.54) is 0 Å². The molecule has 3 aromatic rings. The number of anilines is 3. The molecule has 1 aliphatic rings. The molecule has 1 amide bonds. The average Bonchev–Trinajstić information content (AvgIpc) is 2.86. The van der Waals surface area contributed by atoms with Gasteiger partial charge < -0.3 is 24.2 Å². The van der Waals surface area contributed by atoms with Crippen LogP contribution in [0.1, 0.15) is 20.8 Å². The first-order chi connectivity index (χ1) is 17.9. The maximum atomic E-state index is 13.5. The summed E-state index contributed by atoms with van der Waals surface area (Å²) in [5.41, 5.74) is 1.57. The summed E-state index contributed by atoms with van der Waals surface area (Å²) in [5, 5.41) is 1.51. The molecule has 10 heteroatoms. The van der Waals surface area contributed by atoms with Crippen molar-refractivity contribution in [2.45, 2.75) is 31.3 Å². The van der Waals surface area contributed by atoms with Crippen LogP contribution in [0, 0.1) is 0 Å². The third-order valence-electron chi connectivity index (χ3n) is 6.33. The Labute approximate surface area is 225 Å². The van der Waals surface area contributed by atoms with Gasteiger partial charge in [0.25, 0.3) is 10.0 Å². The number of piperazine rings is 1. The number of rotatable bonds is 6. The Balaban J connectivity index is 1.58. The second-order valence-electron chi connectivity index (χ2n) is 10.5. The van der Waals surface area contributed by atoms with E-state index >= 15 is 0 Å². The molecule has 204 valence electrons. The van der Waals surface area contributed by atoms with Crippen molar-refractivity contribution in [1.29, 1.82) is 0 Å². The molecule has 0 atom stereocenters. The molecule has 1 heterocycles. The van der Waals surface area contributed by atoms with Crippen LogP contribution in [-0.2, 0) is 14.8 Å². The molecule has 1 N–H and O–H groups in total. The van der Waals surface area contributed by atoms with Crippen molar-refractivity contribution in [3.8, 4) is 5.75 Å². The number of sulfonamides is 1. The van der Waals surface area contributed by atoms with Gasteiger partial charge in [-0.3, -0.25) is 4.72 Å². The van der Waals surface area contributed by atoms with Crippen molar-refractivity contribution < 1.29 is 22.7 Å². The third-order valence-corrected chi connectivity index (χ3v) is 7.77. The summed E-state index contributed by atoms with van der Waals surface area (Å²) in [4.78, 5) is 18.4. The molecule has 1 fully saturated rings. The highest BCUT2D eigenvalue weighted by atomic mass is 32.2. The van der Waals surface area contributed by atoms with Gasteiger partial charge in [0.1, 0.15) is 11.4 Å². The predicted octanol–water partition coefficient (Wildman–Crippen LogP) is 4.77. The number of ether oxygens (including phenoxy) is 2. The number of methoxy groups -OCH3 is 1. The minimum Gasteiger partial charge on any atom is -0.495 e. The fraction of sp³-hybridized carbons (Fsp3) is 0.393. The second kappa shape index (κ2) is 10.6. The number of hydrogen-bond acceptors (Lipinski definition) is 7. The van der Waals surface area contributed by atoms with E-state index in [0.717, 1.165) is 16.8 Å². The lowest BCUT2D eigenvalue weighted by Gasteiger charge is -2.37. The van der Waals surface area contributed by atoms with Crippen LogP contribution in [0.4, 0.5) is 21.9 Å². The fourth-order valence-electron chi connectivity index (χ4n) is 4.56. The van der Waals surface area contributed by atoms with Gasteiger partial charge in [0.2, 0.25) is 0 Å². The van der Waals surface area contributed by atoms with Crippen molar-refractivity contribution >= 4 is 44.0 Å². The molecule has 0 radical (unpaired) electrons. The Kier molecular flexibility index (Phi) is 7.64. The normalized spacial score (nSPS) is 14.4. The molecule has 9 nitrogen and oxygen atoms in total. The Morgan fingerprint density at radius 3 is 2.24 bits per heavy atom. The lowest BCUT2D eigenvalue weighted by molar-refractivity contribution is 0.0240. The van der Waals surface area contributed by atoms with E-state index in [2.05, 4.69) is 9.62 Å². The number of carbonyl (C=O) groups excluding carboxylic acids is 1. The highest BCUT2D eigenvalue weighted by Gasteiger charge is 2.27. The van der Waals surface area contributed by atoms with Gasteiger partial charge in [-0.2, -0.15) is 0 Å². The molecule has 4 rings (SSSR count). The molecule has 0 aliphatic carbocycles. The van der Waals surface area contributed by atoms with Crippen LogP contribution >= 0.6 is 0 Å². The van der Waals surface area contributed by atoms with Crippen LogP contribution < -0.4 is 19.3 Å². The molecule has 38 heavy (non-hydrogen) atoms. The summed E-state index contributed by atoms with van der Waals surface area (Å²) in [7, 11) is 1.56. The Morgan fingerprint density at radius 2 is 1.61 bits per heavy atom. The summed E-state index contributed by atoms with van der Waals surface area (Å²) >= 11 is 0. The average molecular weight is 541 g/mol. The quantitative estimate of drug-likeness (QED) is 0.482. The highest BCUT2D eigenvalue weighted by molar-refractivity contribution is 7.93. The van der Waals surface area contributed by atoms with E-state index < -0.39 is 15.6 Å². The number of benzene rings is 3. The van der Waals surface area contributed by atoms with E-state index in [9.17, 15) is 13.2 Å². The molecule has 0 saturated carbocycles. The van der Waals surface area contributed by atoms with E-state index in [1.54, 1.807) is 42.3 Å². The second-order valence-corrected chi connectivity index (χ2v) is 12.1. The number of nitrogens with one attached hydrogen (secondary N) is 1. The zero-order valence-electron chi connectivity index (χ0n) is 22.8. The highest BCUT2D eigenvalue weighted by Crippen LogP contribution is 2.35. The number of carbonyl (C=O) groups is 1. The van der Waals surface area contributed by atoms with Gasteiger partial charge in [0.05, 0.1) is 23.4 Å². The molecule has 3 aromatic carbocycles. The monoisotopic (exact) mass is 540 g/mol. The number of nitrogens with zero attached hydrogens (tertiary/aromatic N) is 3. The third kappa shape index (κ3) is 5.91. The van der Waals surface area contributed by atoms with Gasteiger partial charge in [-0.05, 0) is 51.1 Å². The standard InChI is InChI=1S/C28H36N4O5S/c1-28(2,3)37-27(33)32-17-15-31(16-18-32)24-19-20(13-14-25(24)36-6)29-38(34,35)26-12-8-9-21-22(26)10-7-11-23(21)30(4)5/h7-14,19,29H,15-18H2,1-6H3. The van der Waals surface area contributed by atoms with Gasteiger partial charge in [-0.15, -0.1) is 0 Å². The topological polar surface area (TPSA) is 91.4 Å². The van der Waals surface area contributed by atoms with Crippen LogP contribution in [0.5, 0.6) is 5.75 Å². The van der Waals surface area contributed by atoms with E-state index in [-0.39, 0.29) is 11.0 Å². The minimum atomic E-state index is -3.88. The SMILES string of the molecule is COc1ccc(NS(=O)(=O)c2cccc3c(N(C)C)cccc23)cc1N1CCN(C(=O)OC(C)(C)C)CC1. The zero-order chi connectivity index (χ0) is 27.7. The zero-order valence-corrected chi connectivity index (χ0v) is 23.6. The Bertz CT molecular complexity index is 1420. The summed E-state index contributed by atoms with van der Waals surface area (Å²) in [5.74, 6) is 0.624. The van der Waals surface area contributed by atoms with E-state index in [1.807, 2.05) is 64.0 Å². The Hall–Kier alpha value is -3.66. The summed E-state index contributed by atoms with van der Waals surface area (Å²) in [6.45, 7) is 7.62. The van der Waals surface area contributed by atoms with Crippen LogP contribution in [0.15, 0.2) is 59.5 Å². The van der Waals surface area contributed by atoms with Crippen molar-refractivity contribution in [2.75, 3.05) is 61.9 Å². The van der Waals surface area contributed by atoms with Gasteiger partial charge in [-0.1, -0.05) is 24.3 Å². The number of fused-ring (bicyclic) bond motifs is 1. The van der Waals surface area contributed by atoms with Gasteiger partial charge >= 0.3 is 6.09 Å². The van der Waals surface area contributed by atoms with Crippen LogP contribution in [0.3, 0.4) is 0 Å². The van der Waals surface area contributed by atoms with Crippen molar-refractivity contribution in [3.05, 3.63) is 54.6 Å². The smallest absolute Gasteiger partial charge is 0.410 e. The lowest BCUT2D eigenvalue weighted by atomic mass is 10.1. The molecule has 0 bridgehead atoms. The van der Waals surface area contributed by atoms with Gasteiger partial charge in [0.15, 0.2) is 0 Å². The summed E-state index contributed by atoms with van der Waals surface area (Å²) < 4.78 is 40.9. The molecule has 1 aliphatic heterocycles. The van der Waals surface area contributed by atoms with Gasteiger partial charge in [0, 0.05) is 56.7 Å². The van der Waals surface area contributed by atoms with Crippen LogP contribution in [0.2, 0.25) is 0 Å². The first kappa shape index (κ1) is 27.4. The number of hydrogen-bond donors (Lipinski definition) is 1. The first-order valence-electron chi connectivity index (χ1n) is 12.5. The fourth-order valence-corrected chi connectivity index (χ4v) is 5.83. The summed E-state index contributed by atoms with van der Waals surface area (Å²) in [6, 6.07) is 16.2.